The highest BCUT2D eigenvalue weighted by atomic mass is 32.2. The first-order valence-electron chi connectivity index (χ1n) is 10.6. The second kappa shape index (κ2) is 8.88. The number of H-pyrrole nitrogens is 1. The van der Waals surface area contributed by atoms with Crippen LogP contribution in [-0.2, 0) is 29.9 Å². The molecule has 0 aliphatic heterocycles. The second-order valence-corrected chi connectivity index (χ2v) is 9.88. The minimum Gasteiger partial charge on any atom is -0.355 e. The number of carbonyl (C=O) groups is 1. The maximum atomic E-state index is 12.5. The summed E-state index contributed by atoms with van der Waals surface area (Å²) in [5.74, 6) is 1.54. The molecular weight excluding hydrogens is 428 g/mol. The lowest BCUT2D eigenvalue weighted by Gasteiger charge is -2.07. The molecule has 0 unspecified atom stereocenters. The number of aromatic nitrogens is 3. The molecule has 4 aromatic rings. The molecule has 1 aliphatic rings. The van der Waals surface area contributed by atoms with Crippen molar-refractivity contribution in [1.82, 2.24) is 19.9 Å². The Balaban J connectivity index is 1.08. The second-order valence-electron chi connectivity index (χ2n) is 7.81. The molecule has 8 heteroatoms. The van der Waals surface area contributed by atoms with E-state index in [2.05, 4.69) is 44.2 Å². The number of benzene rings is 1. The van der Waals surface area contributed by atoms with Crippen LogP contribution in [0.25, 0.3) is 21.1 Å². The Morgan fingerprint density at radius 1 is 1.26 bits per heavy atom. The molecule has 0 fully saturated rings. The van der Waals surface area contributed by atoms with E-state index < -0.39 is 0 Å². The molecule has 160 valence electrons. The first-order valence-corrected chi connectivity index (χ1v) is 12.6. The van der Waals surface area contributed by atoms with Gasteiger partial charge in [0.05, 0.1) is 16.9 Å². The Labute approximate surface area is 188 Å². The fourth-order valence-corrected chi connectivity index (χ4v) is 6.22. The highest BCUT2D eigenvalue weighted by Gasteiger charge is 2.21. The van der Waals surface area contributed by atoms with Crippen molar-refractivity contribution in [2.75, 3.05) is 12.3 Å². The van der Waals surface area contributed by atoms with Crippen molar-refractivity contribution < 1.29 is 4.79 Å². The standard InChI is InChI=1S/C23H24N4O2S2/c28-20(24-10-4-11-27-12-9-15-5-1-2-7-17(15)27)14-30-13-19-25-22(29)21-16-6-3-8-18(16)31-23(21)26-19/h1-2,5,7,9,12H,3-4,6,8,10-11,13-14H2,(H,24,28)(H,25,26,29). The molecule has 1 amide bonds. The molecule has 0 atom stereocenters. The van der Waals surface area contributed by atoms with Crippen molar-refractivity contribution in [3.05, 3.63) is 63.1 Å². The SMILES string of the molecule is O=C(CSCc1nc2sc3c(c2c(=O)[nH]1)CCC3)NCCCn1ccc2ccccc21. The van der Waals surface area contributed by atoms with E-state index in [9.17, 15) is 9.59 Å². The zero-order chi connectivity index (χ0) is 21.2. The van der Waals surface area contributed by atoms with Gasteiger partial charge in [-0.1, -0.05) is 18.2 Å². The molecular formula is C23H24N4O2S2. The molecule has 1 aliphatic carbocycles. The summed E-state index contributed by atoms with van der Waals surface area (Å²) in [5.41, 5.74) is 2.38. The minimum absolute atomic E-state index is 0.0147. The maximum Gasteiger partial charge on any atom is 0.259 e. The lowest BCUT2D eigenvalue weighted by Crippen LogP contribution is -2.27. The van der Waals surface area contributed by atoms with Crippen molar-refractivity contribution in [3.63, 3.8) is 0 Å². The largest absolute Gasteiger partial charge is 0.355 e. The number of thiophene rings is 1. The van der Waals surface area contributed by atoms with Gasteiger partial charge in [-0.15, -0.1) is 23.1 Å². The first kappa shape index (κ1) is 20.3. The predicted octanol–water partition coefficient (Wildman–Crippen LogP) is 3.87. The quantitative estimate of drug-likeness (QED) is 0.398. The van der Waals surface area contributed by atoms with Crippen LogP contribution in [0.15, 0.2) is 41.3 Å². The van der Waals surface area contributed by atoms with Gasteiger partial charge in [0.2, 0.25) is 5.91 Å². The molecule has 0 bridgehead atoms. The fourth-order valence-electron chi connectivity index (χ4n) is 4.22. The van der Waals surface area contributed by atoms with Crippen LogP contribution in [0.3, 0.4) is 0 Å². The Kier molecular flexibility index (Phi) is 5.82. The Hall–Kier alpha value is -2.58. The van der Waals surface area contributed by atoms with Crippen LogP contribution < -0.4 is 10.9 Å². The van der Waals surface area contributed by atoms with Crippen LogP contribution in [0.2, 0.25) is 0 Å². The van der Waals surface area contributed by atoms with Crippen molar-refractivity contribution in [1.29, 1.82) is 0 Å². The smallest absolute Gasteiger partial charge is 0.259 e. The zero-order valence-corrected chi connectivity index (χ0v) is 18.8. The summed E-state index contributed by atoms with van der Waals surface area (Å²) in [7, 11) is 0. The number of hydrogen-bond donors (Lipinski definition) is 2. The van der Waals surface area contributed by atoms with E-state index in [0.717, 1.165) is 42.4 Å². The van der Waals surface area contributed by atoms with E-state index in [1.54, 1.807) is 11.3 Å². The number of rotatable bonds is 8. The molecule has 3 aromatic heterocycles. The summed E-state index contributed by atoms with van der Waals surface area (Å²) in [6.45, 7) is 1.52. The van der Waals surface area contributed by atoms with Crippen LogP contribution in [-0.4, -0.2) is 32.7 Å². The molecule has 0 saturated heterocycles. The highest BCUT2D eigenvalue weighted by molar-refractivity contribution is 7.99. The van der Waals surface area contributed by atoms with Crippen molar-refractivity contribution >= 4 is 50.1 Å². The van der Waals surface area contributed by atoms with Gasteiger partial charge in [0.1, 0.15) is 10.7 Å². The summed E-state index contributed by atoms with van der Waals surface area (Å²) < 4.78 is 2.22. The predicted molar refractivity (Wildman–Crippen MR) is 128 cm³/mol. The van der Waals surface area contributed by atoms with Gasteiger partial charge in [-0.25, -0.2) is 4.98 Å². The van der Waals surface area contributed by atoms with Gasteiger partial charge < -0.3 is 14.9 Å². The third kappa shape index (κ3) is 4.27. The fraction of sp³-hybridized carbons (Fsp3) is 0.348. The van der Waals surface area contributed by atoms with Gasteiger partial charge in [0, 0.05) is 29.7 Å². The molecule has 5 rings (SSSR count). The lowest BCUT2D eigenvalue weighted by molar-refractivity contribution is -0.118. The maximum absolute atomic E-state index is 12.5. The number of amides is 1. The average molecular weight is 453 g/mol. The van der Waals surface area contributed by atoms with E-state index in [-0.39, 0.29) is 11.5 Å². The third-order valence-corrected chi connectivity index (χ3v) is 7.80. The molecule has 0 spiro atoms. The van der Waals surface area contributed by atoms with Crippen molar-refractivity contribution in [3.8, 4) is 0 Å². The third-order valence-electron chi connectivity index (χ3n) is 5.67. The summed E-state index contributed by atoms with van der Waals surface area (Å²) in [6.07, 6.45) is 6.14. The van der Waals surface area contributed by atoms with Gasteiger partial charge in [-0.05, 0) is 48.8 Å². The Morgan fingerprint density at radius 3 is 3.10 bits per heavy atom. The van der Waals surface area contributed by atoms with Gasteiger partial charge >= 0.3 is 0 Å². The van der Waals surface area contributed by atoms with Gasteiger partial charge in [0.15, 0.2) is 0 Å². The number of fused-ring (bicyclic) bond motifs is 4. The van der Waals surface area contributed by atoms with Gasteiger partial charge in [-0.3, -0.25) is 9.59 Å². The number of nitrogens with zero attached hydrogens (tertiary/aromatic N) is 2. The summed E-state index contributed by atoms with van der Waals surface area (Å²) in [4.78, 5) is 34.3. The zero-order valence-electron chi connectivity index (χ0n) is 17.1. The molecule has 6 nitrogen and oxygen atoms in total. The van der Waals surface area contributed by atoms with E-state index >= 15 is 0 Å². The highest BCUT2D eigenvalue weighted by Crippen LogP contribution is 2.34. The van der Waals surface area contributed by atoms with E-state index in [1.807, 2.05) is 12.1 Å². The monoisotopic (exact) mass is 452 g/mol. The molecule has 1 aromatic carbocycles. The van der Waals surface area contributed by atoms with Crippen LogP contribution in [0, 0.1) is 0 Å². The number of thioether (sulfide) groups is 1. The summed E-state index contributed by atoms with van der Waals surface area (Å²) in [5, 5.41) is 5.00. The van der Waals surface area contributed by atoms with Crippen LogP contribution >= 0.6 is 23.1 Å². The summed E-state index contributed by atoms with van der Waals surface area (Å²) in [6, 6.07) is 10.4. The normalized spacial score (nSPS) is 13.2. The van der Waals surface area contributed by atoms with Crippen LogP contribution in [0.1, 0.15) is 29.1 Å². The number of hydrogen-bond acceptors (Lipinski definition) is 5. The first-order chi connectivity index (χ1) is 15.2. The van der Waals surface area contributed by atoms with Crippen molar-refractivity contribution in [2.45, 2.75) is 38.0 Å². The van der Waals surface area contributed by atoms with E-state index in [0.29, 0.717) is 23.9 Å². The van der Waals surface area contributed by atoms with Crippen molar-refractivity contribution in [2.24, 2.45) is 0 Å². The number of carbonyl (C=O) groups excluding carboxylic acids is 1. The molecule has 2 N–H and O–H groups in total. The van der Waals surface area contributed by atoms with E-state index in [4.69, 9.17) is 0 Å². The van der Waals surface area contributed by atoms with Crippen LogP contribution in [0.5, 0.6) is 0 Å². The number of aryl methyl sites for hydroxylation is 3. The topological polar surface area (TPSA) is 79.8 Å². The molecule has 31 heavy (non-hydrogen) atoms. The number of aromatic amines is 1. The van der Waals surface area contributed by atoms with Gasteiger partial charge in [-0.2, -0.15) is 0 Å². The Morgan fingerprint density at radius 2 is 2.16 bits per heavy atom. The molecule has 0 radical (unpaired) electrons. The van der Waals surface area contributed by atoms with E-state index in [1.165, 1.54) is 33.1 Å². The number of para-hydroxylation sites is 1. The van der Waals surface area contributed by atoms with Crippen LogP contribution in [0.4, 0.5) is 0 Å². The molecule has 0 saturated carbocycles. The lowest BCUT2D eigenvalue weighted by atomic mass is 10.2. The molecule has 3 heterocycles. The van der Waals surface area contributed by atoms with Gasteiger partial charge in [0.25, 0.3) is 5.56 Å². The Bertz CT molecular complexity index is 1300. The minimum atomic E-state index is -0.0398. The summed E-state index contributed by atoms with van der Waals surface area (Å²) >= 11 is 3.12. The number of nitrogens with one attached hydrogen (secondary N) is 2. The average Bonchev–Trinajstić information content (AvgIpc) is 3.45.